The predicted octanol–water partition coefficient (Wildman–Crippen LogP) is 4.57. The Kier molecular flexibility index (Phi) is 5.90. The molecule has 4 heteroatoms. The van der Waals surface area contributed by atoms with Crippen molar-refractivity contribution < 1.29 is 9.53 Å². The maximum absolute atomic E-state index is 12.1. The zero-order chi connectivity index (χ0) is 16.2. The Balaban J connectivity index is 1.94. The molecule has 1 amide bonds. The van der Waals surface area contributed by atoms with E-state index in [1.54, 1.807) is 0 Å². The highest BCUT2D eigenvalue weighted by molar-refractivity contribution is 9.10. The van der Waals surface area contributed by atoms with Gasteiger partial charge >= 0.3 is 0 Å². The molecule has 122 valence electrons. The number of hydrogen-bond donors (Lipinski definition) is 1. The van der Waals surface area contributed by atoms with Crippen LogP contribution in [0.1, 0.15) is 58.4 Å². The van der Waals surface area contributed by atoms with E-state index in [9.17, 15) is 4.79 Å². The Morgan fingerprint density at radius 2 is 1.95 bits per heavy atom. The van der Waals surface area contributed by atoms with E-state index in [4.69, 9.17) is 4.74 Å². The van der Waals surface area contributed by atoms with Gasteiger partial charge in [0.1, 0.15) is 5.75 Å². The third-order valence-electron chi connectivity index (χ3n) is 4.08. The van der Waals surface area contributed by atoms with E-state index in [0.717, 1.165) is 28.6 Å². The standard InChI is InChI=1S/C18H26BrNO2/c1-18(2,3)15-11-13(19)9-10-16(15)22-12-17(21)20-14-7-5-4-6-8-14/h9-11,14H,4-8,12H2,1-3H3,(H,20,21). The third-order valence-corrected chi connectivity index (χ3v) is 4.57. The molecule has 1 saturated carbocycles. The molecule has 0 radical (unpaired) electrons. The van der Waals surface area contributed by atoms with Gasteiger partial charge in [0.05, 0.1) is 0 Å². The van der Waals surface area contributed by atoms with Crippen molar-refractivity contribution in [3.63, 3.8) is 0 Å². The van der Waals surface area contributed by atoms with E-state index >= 15 is 0 Å². The van der Waals surface area contributed by atoms with Crippen LogP contribution in [-0.4, -0.2) is 18.6 Å². The molecule has 1 aromatic carbocycles. The summed E-state index contributed by atoms with van der Waals surface area (Å²) < 4.78 is 6.81. The second-order valence-electron chi connectivity index (χ2n) is 7.08. The highest BCUT2D eigenvalue weighted by Gasteiger charge is 2.21. The predicted molar refractivity (Wildman–Crippen MR) is 93.4 cm³/mol. The average Bonchev–Trinajstić information content (AvgIpc) is 2.46. The summed E-state index contributed by atoms with van der Waals surface area (Å²) in [6.45, 7) is 6.51. The largest absolute Gasteiger partial charge is 0.483 e. The van der Waals surface area contributed by atoms with Gasteiger partial charge in [0.15, 0.2) is 6.61 Å². The van der Waals surface area contributed by atoms with Crippen molar-refractivity contribution in [2.75, 3.05) is 6.61 Å². The summed E-state index contributed by atoms with van der Waals surface area (Å²) >= 11 is 3.50. The number of nitrogens with one attached hydrogen (secondary N) is 1. The van der Waals surface area contributed by atoms with Gasteiger partial charge in [-0.1, -0.05) is 56.0 Å². The zero-order valence-corrected chi connectivity index (χ0v) is 15.3. The highest BCUT2D eigenvalue weighted by atomic mass is 79.9. The SMILES string of the molecule is CC(C)(C)c1cc(Br)ccc1OCC(=O)NC1CCCCC1. The summed E-state index contributed by atoms with van der Waals surface area (Å²) in [5.74, 6) is 0.768. The van der Waals surface area contributed by atoms with Gasteiger partial charge in [0.2, 0.25) is 0 Å². The monoisotopic (exact) mass is 367 g/mol. The maximum Gasteiger partial charge on any atom is 0.258 e. The molecule has 1 aliphatic carbocycles. The molecule has 0 unspecified atom stereocenters. The number of hydrogen-bond acceptors (Lipinski definition) is 2. The summed E-state index contributed by atoms with van der Waals surface area (Å²) in [5.41, 5.74) is 1.08. The van der Waals surface area contributed by atoms with Gasteiger partial charge in [0, 0.05) is 16.1 Å². The van der Waals surface area contributed by atoms with E-state index in [-0.39, 0.29) is 17.9 Å². The number of ether oxygens (including phenoxy) is 1. The number of amides is 1. The van der Waals surface area contributed by atoms with Crippen molar-refractivity contribution in [3.8, 4) is 5.75 Å². The lowest BCUT2D eigenvalue weighted by Crippen LogP contribution is -2.39. The fourth-order valence-electron chi connectivity index (χ4n) is 2.87. The van der Waals surface area contributed by atoms with E-state index in [1.165, 1.54) is 19.3 Å². The third kappa shape index (κ3) is 5.01. The first-order chi connectivity index (χ1) is 10.4. The Hall–Kier alpha value is -1.03. The Bertz CT molecular complexity index is 516. The molecular formula is C18H26BrNO2. The van der Waals surface area contributed by atoms with Crippen molar-refractivity contribution in [2.45, 2.75) is 64.3 Å². The number of benzene rings is 1. The quantitative estimate of drug-likeness (QED) is 0.845. The van der Waals surface area contributed by atoms with Gasteiger partial charge in [-0.15, -0.1) is 0 Å². The summed E-state index contributed by atoms with van der Waals surface area (Å²) in [6.07, 6.45) is 5.91. The molecule has 0 aliphatic heterocycles. The van der Waals surface area contributed by atoms with Crippen LogP contribution in [0.4, 0.5) is 0 Å². The van der Waals surface area contributed by atoms with Gasteiger partial charge in [-0.25, -0.2) is 0 Å². The molecule has 0 bridgehead atoms. The lowest BCUT2D eigenvalue weighted by molar-refractivity contribution is -0.124. The minimum atomic E-state index is -0.0288. The molecule has 0 saturated heterocycles. The smallest absolute Gasteiger partial charge is 0.258 e. The molecule has 0 aromatic heterocycles. The fraction of sp³-hybridized carbons (Fsp3) is 0.611. The van der Waals surface area contributed by atoms with Crippen LogP contribution in [0.25, 0.3) is 0 Å². The molecule has 0 heterocycles. The van der Waals surface area contributed by atoms with Crippen molar-refractivity contribution in [1.29, 1.82) is 0 Å². The minimum absolute atomic E-state index is 0.0188. The van der Waals surface area contributed by atoms with Gasteiger partial charge in [0.25, 0.3) is 5.91 Å². The molecule has 2 rings (SSSR count). The molecular weight excluding hydrogens is 342 g/mol. The van der Waals surface area contributed by atoms with Crippen molar-refractivity contribution in [1.82, 2.24) is 5.32 Å². The van der Waals surface area contributed by atoms with E-state index in [0.29, 0.717) is 6.04 Å². The van der Waals surface area contributed by atoms with E-state index in [1.807, 2.05) is 12.1 Å². The van der Waals surface area contributed by atoms with Crippen LogP contribution in [0.5, 0.6) is 5.75 Å². The molecule has 1 fully saturated rings. The van der Waals surface area contributed by atoms with Crippen LogP contribution in [0.15, 0.2) is 22.7 Å². The normalized spacial score (nSPS) is 16.4. The minimum Gasteiger partial charge on any atom is -0.483 e. The number of carbonyl (C=O) groups excluding carboxylic acids is 1. The summed E-state index contributed by atoms with van der Waals surface area (Å²) in [6, 6.07) is 6.27. The van der Waals surface area contributed by atoms with Crippen LogP contribution < -0.4 is 10.1 Å². The van der Waals surface area contributed by atoms with Crippen LogP contribution in [0, 0.1) is 0 Å². The van der Waals surface area contributed by atoms with Gasteiger partial charge in [-0.3, -0.25) is 4.79 Å². The fourth-order valence-corrected chi connectivity index (χ4v) is 3.23. The highest BCUT2D eigenvalue weighted by Crippen LogP contribution is 2.33. The first-order valence-corrected chi connectivity index (χ1v) is 8.88. The molecule has 3 nitrogen and oxygen atoms in total. The van der Waals surface area contributed by atoms with Crippen LogP contribution >= 0.6 is 15.9 Å². The number of carbonyl (C=O) groups is 1. The average molecular weight is 368 g/mol. The summed E-state index contributed by atoms with van der Waals surface area (Å²) in [7, 11) is 0. The second kappa shape index (κ2) is 7.49. The van der Waals surface area contributed by atoms with Crippen LogP contribution in [-0.2, 0) is 10.2 Å². The topological polar surface area (TPSA) is 38.3 Å². The molecule has 0 spiro atoms. The first-order valence-electron chi connectivity index (χ1n) is 8.08. The second-order valence-corrected chi connectivity index (χ2v) is 8.00. The molecule has 0 atom stereocenters. The first kappa shape index (κ1) is 17.3. The van der Waals surface area contributed by atoms with Crippen molar-refractivity contribution >= 4 is 21.8 Å². The lowest BCUT2D eigenvalue weighted by Gasteiger charge is -2.24. The van der Waals surface area contributed by atoms with Gasteiger partial charge < -0.3 is 10.1 Å². The Morgan fingerprint density at radius 1 is 1.27 bits per heavy atom. The molecule has 1 aliphatic rings. The Labute approximate surface area is 141 Å². The van der Waals surface area contributed by atoms with Crippen molar-refractivity contribution in [3.05, 3.63) is 28.2 Å². The van der Waals surface area contributed by atoms with Crippen molar-refractivity contribution in [2.24, 2.45) is 0 Å². The van der Waals surface area contributed by atoms with E-state index in [2.05, 4.69) is 48.1 Å². The summed E-state index contributed by atoms with van der Waals surface area (Å²) in [5, 5.41) is 3.09. The zero-order valence-electron chi connectivity index (χ0n) is 13.7. The van der Waals surface area contributed by atoms with Gasteiger partial charge in [-0.05, 0) is 36.5 Å². The van der Waals surface area contributed by atoms with Crippen LogP contribution in [0.3, 0.4) is 0 Å². The lowest BCUT2D eigenvalue weighted by atomic mass is 9.86. The van der Waals surface area contributed by atoms with Crippen LogP contribution in [0.2, 0.25) is 0 Å². The Morgan fingerprint density at radius 3 is 2.59 bits per heavy atom. The van der Waals surface area contributed by atoms with Gasteiger partial charge in [-0.2, -0.15) is 0 Å². The maximum atomic E-state index is 12.1. The number of rotatable bonds is 4. The molecule has 22 heavy (non-hydrogen) atoms. The van der Waals surface area contributed by atoms with E-state index < -0.39 is 0 Å². The molecule has 1 N–H and O–H groups in total. The molecule has 1 aromatic rings. The number of halogens is 1. The summed E-state index contributed by atoms with van der Waals surface area (Å²) in [4.78, 5) is 12.1.